The van der Waals surface area contributed by atoms with Crippen LogP contribution in [0.25, 0.3) is 21.8 Å². The van der Waals surface area contributed by atoms with Gasteiger partial charge in [-0.1, -0.05) is 18.2 Å². The van der Waals surface area contributed by atoms with Gasteiger partial charge in [0.05, 0.1) is 29.0 Å². The molecule has 0 aliphatic carbocycles. The van der Waals surface area contributed by atoms with E-state index in [4.69, 9.17) is 0 Å². The zero-order chi connectivity index (χ0) is 13.6. The number of carbonyl (C=O) groups is 1. The van der Waals surface area contributed by atoms with E-state index in [1.807, 2.05) is 24.3 Å². The molecule has 2 heterocycles. The first-order valence-electron chi connectivity index (χ1n) is 5.88. The quantitative estimate of drug-likeness (QED) is 0.718. The summed E-state index contributed by atoms with van der Waals surface area (Å²) >= 11 is 0. The fourth-order valence-electron chi connectivity index (χ4n) is 2.28. The number of aliphatic hydroxyl groups excluding tert-OH is 1. The highest BCUT2D eigenvalue weighted by molar-refractivity contribution is 6.09. The van der Waals surface area contributed by atoms with E-state index < -0.39 is 12.1 Å². The molecule has 0 amide bonds. The highest BCUT2D eigenvalue weighted by atomic mass is 16.4. The van der Waals surface area contributed by atoms with Crippen LogP contribution < -0.4 is 5.11 Å². The van der Waals surface area contributed by atoms with Gasteiger partial charge in [-0.15, -0.1) is 0 Å². The number of aromatic carboxylic acids is 1. The maximum absolute atomic E-state index is 11.0. The van der Waals surface area contributed by atoms with Gasteiger partial charge in [-0.25, -0.2) is 4.98 Å². The number of rotatable bonds is 2. The van der Waals surface area contributed by atoms with E-state index in [9.17, 15) is 15.0 Å². The van der Waals surface area contributed by atoms with Gasteiger partial charge in [0.2, 0.25) is 0 Å². The second-order valence-corrected chi connectivity index (χ2v) is 4.45. The molecule has 1 aromatic carbocycles. The predicted octanol–water partition coefficient (Wildman–Crippen LogP) is 1.13. The minimum Gasteiger partial charge on any atom is -0.543 e. The van der Waals surface area contributed by atoms with Gasteiger partial charge in [0.1, 0.15) is 0 Å². The Balaban J connectivity index is 2.48. The lowest BCUT2D eigenvalue weighted by Crippen LogP contribution is -2.24. The van der Waals surface area contributed by atoms with E-state index in [1.165, 1.54) is 6.07 Å². The number of pyridine rings is 1. The van der Waals surface area contributed by atoms with Crippen molar-refractivity contribution >= 4 is 27.8 Å². The molecule has 5 nitrogen and oxygen atoms in total. The number of carboxylic acids is 1. The van der Waals surface area contributed by atoms with Crippen molar-refractivity contribution in [3.63, 3.8) is 0 Å². The number of nitrogens with one attached hydrogen (secondary N) is 1. The third-order valence-electron chi connectivity index (χ3n) is 3.13. The average molecular weight is 255 g/mol. The number of carbonyl (C=O) groups excluding carboxylic acids is 1. The van der Waals surface area contributed by atoms with Crippen LogP contribution in [0.3, 0.4) is 0 Å². The summed E-state index contributed by atoms with van der Waals surface area (Å²) in [6.07, 6.45) is -0.866. The summed E-state index contributed by atoms with van der Waals surface area (Å²) < 4.78 is 0. The zero-order valence-corrected chi connectivity index (χ0v) is 10.2. The van der Waals surface area contributed by atoms with Crippen molar-refractivity contribution in [3.8, 4) is 0 Å². The van der Waals surface area contributed by atoms with Gasteiger partial charge in [0.15, 0.2) is 0 Å². The van der Waals surface area contributed by atoms with E-state index in [0.29, 0.717) is 11.2 Å². The SMILES string of the molecule is C[C@H](O)c1nc(C(=O)[O-])cc2c1[nH]c1ccccc12. The second kappa shape index (κ2) is 4.07. The van der Waals surface area contributed by atoms with Crippen LogP contribution in [0.2, 0.25) is 0 Å². The highest BCUT2D eigenvalue weighted by Crippen LogP contribution is 2.29. The van der Waals surface area contributed by atoms with Crippen LogP contribution >= 0.6 is 0 Å². The number of hydrogen-bond donors (Lipinski definition) is 2. The number of H-pyrrole nitrogens is 1. The third-order valence-corrected chi connectivity index (χ3v) is 3.13. The lowest BCUT2D eigenvalue weighted by Gasteiger charge is -2.09. The molecular weight excluding hydrogens is 244 g/mol. The fraction of sp³-hybridized carbons (Fsp3) is 0.143. The Kier molecular flexibility index (Phi) is 2.50. The molecule has 0 saturated heterocycles. The Morgan fingerprint density at radius 2 is 2.11 bits per heavy atom. The number of fused-ring (bicyclic) bond motifs is 3. The molecule has 0 aliphatic rings. The number of nitrogens with zero attached hydrogens (tertiary/aromatic N) is 1. The molecule has 96 valence electrons. The van der Waals surface area contributed by atoms with Gasteiger partial charge < -0.3 is 20.0 Å². The standard InChI is InChI=1S/C14H12N2O3/c1-7(17)12-13-9(6-11(16-12)14(18)19)8-4-2-3-5-10(8)15-13/h2-7,15,17H,1H3,(H,18,19)/p-1/t7-/m0/s1. The Morgan fingerprint density at radius 1 is 1.37 bits per heavy atom. The van der Waals surface area contributed by atoms with Crippen molar-refractivity contribution in [1.29, 1.82) is 0 Å². The summed E-state index contributed by atoms with van der Waals surface area (Å²) in [7, 11) is 0. The number of para-hydroxylation sites is 1. The molecule has 1 atom stereocenters. The molecule has 0 bridgehead atoms. The van der Waals surface area contributed by atoms with Gasteiger partial charge in [-0.05, 0) is 19.1 Å². The Morgan fingerprint density at radius 3 is 2.79 bits per heavy atom. The van der Waals surface area contributed by atoms with Gasteiger partial charge >= 0.3 is 0 Å². The highest BCUT2D eigenvalue weighted by Gasteiger charge is 2.15. The van der Waals surface area contributed by atoms with Crippen molar-refractivity contribution in [2.45, 2.75) is 13.0 Å². The van der Waals surface area contributed by atoms with E-state index in [0.717, 1.165) is 16.3 Å². The van der Waals surface area contributed by atoms with Gasteiger partial charge in [-0.3, -0.25) is 0 Å². The average Bonchev–Trinajstić information content (AvgIpc) is 2.75. The molecule has 3 aromatic rings. The normalized spacial score (nSPS) is 12.9. The molecule has 0 unspecified atom stereocenters. The topological polar surface area (TPSA) is 89.0 Å². The van der Waals surface area contributed by atoms with Crippen LogP contribution in [0.15, 0.2) is 30.3 Å². The molecule has 3 rings (SSSR count). The van der Waals surface area contributed by atoms with Crippen LogP contribution in [0.1, 0.15) is 29.2 Å². The van der Waals surface area contributed by atoms with Crippen LogP contribution in [0.5, 0.6) is 0 Å². The summed E-state index contributed by atoms with van der Waals surface area (Å²) in [6, 6.07) is 9.00. The van der Waals surface area contributed by atoms with Crippen molar-refractivity contribution in [1.82, 2.24) is 9.97 Å². The monoisotopic (exact) mass is 255 g/mol. The number of aliphatic hydroxyl groups is 1. The Bertz CT molecular complexity index is 790. The molecular formula is C14H11N2O3-. The molecule has 19 heavy (non-hydrogen) atoms. The third kappa shape index (κ3) is 1.75. The van der Waals surface area contributed by atoms with E-state index in [-0.39, 0.29) is 5.69 Å². The summed E-state index contributed by atoms with van der Waals surface area (Å²) in [5.74, 6) is -1.35. The van der Waals surface area contributed by atoms with Crippen LogP contribution in [-0.2, 0) is 0 Å². The van der Waals surface area contributed by atoms with Gasteiger partial charge in [-0.2, -0.15) is 0 Å². The molecule has 5 heteroatoms. The second-order valence-electron chi connectivity index (χ2n) is 4.45. The summed E-state index contributed by atoms with van der Waals surface area (Å²) in [4.78, 5) is 18.1. The fourth-order valence-corrected chi connectivity index (χ4v) is 2.28. The number of benzene rings is 1. The minimum atomic E-state index is -1.35. The Labute approximate surface area is 108 Å². The molecule has 0 fully saturated rings. The summed E-state index contributed by atoms with van der Waals surface area (Å²) in [5, 5.41) is 22.4. The lowest BCUT2D eigenvalue weighted by molar-refractivity contribution is -0.255. The maximum atomic E-state index is 11.0. The molecule has 0 saturated carbocycles. The number of aromatic amines is 1. The van der Waals surface area contributed by atoms with Crippen molar-refractivity contribution < 1.29 is 15.0 Å². The van der Waals surface area contributed by atoms with Crippen LogP contribution in [0, 0.1) is 0 Å². The van der Waals surface area contributed by atoms with Crippen LogP contribution in [0.4, 0.5) is 0 Å². The number of aromatic nitrogens is 2. The van der Waals surface area contributed by atoms with Crippen molar-refractivity contribution in [2.75, 3.05) is 0 Å². The first-order valence-corrected chi connectivity index (χ1v) is 5.88. The predicted molar refractivity (Wildman–Crippen MR) is 68.6 cm³/mol. The van der Waals surface area contributed by atoms with E-state index in [1.54, 1.807) is 6.92 Å². The smallest absolute Gasteiger partial charge is 0.0953 e. The maximum Gasteiger partial charge on any atom is 0.0953 e. The first-order chi connectivity index (χ1) is 9.08. The molecule has 2 aromatic heterocycles. The van der Waals surface area contributed by atoms with Crippen LogP contribution in [-0.4, -0.2) is 21.0 Å². The minimum absolute atomic E-state index is 0.173. The number of hydrogen-bond acceptors (Lipinski definition) is 4. The number of carboxylic acid groups (broad SMARTS) is 1. The molecule has 0 spiro atoms. The first kappa shape index (κ1) is 11.7. The summed E-state index contributed by atoms with van der Waals surface area (Å²) in [6.45, 7) is 1.55. The zero-order valence-electron chi connectivity index (χ0n) is 10.2. The van der Waals surface area contributed by atoms with E-state index in [2.05, 4.69) is 9.97 Å². The van der Waals surface area contributed by atoms with Gasteiger partial charge in [0, 0.05) is 16.3 Å². The lowest BCUT2D eigenvalue weighted by atomic mass is 10.1. The molecule has 0 radical (unpaired) electrons. The largest absolute Gasteiger partial charge is 0.543 e. The molecule has 0 aliphatic heterocycles. The molecule has 2 N–H and O–H groups in total. The Hall–Kier alpha value is -2.40. The van der Waals surface area contributed by atoms with Crippen molar-refractivity contribution in [2.24, 2.45) is 0 Å². The summed E-state index contributed by atoms with van der Waals surface area (Å²) in [5.41, 5.74) is 1.67. The van der Waals surface area contributed by atoms with E-state index >= 15 is 0 Å². The van der Waals surface area contributed by atoms with Crippen molar-refractivity contribution in [3.05, 3.63) is 41.7 Å². The van der Waals surface area contributed by atoms with Gasteiger partial charge in [0.25, 0.3) is 0 Å².